The molecule has 1 aliphatic heterocycles. The van der Waals surface area contributed by atoms with Crippen molar-refractivity contribution < 1.29 is 9.47 Å². The lowest BCUT2D eigenvalue weighted by atomic mass is 9.59. The molecule has 2 nitrogen and oxygen atoms in total. The molecule has 3 aliphatic rings. The molecule has 0 unspecified atom stereocenters. The van der Waals surface area contributed by atoms with Crippen molar-refractivity contribution in [2.24, 2.45) is 10.8 Å². The largest absolute Gasteiger partial charge is 0.340 e. The molecule has 2 heteroatoms. The van der Waals surface area contributed by atoms with Crippen LogP contribution in [0.1, 0.15) is 86.5 Å². The molecule has 0 amide bonds. The van der Waals surface area contributed by atoms with Gasteiger partial charge < -0.3 is 9.47 Å². The van der Waals surface area contributed by atoms with Crippen LogP contribution >= 0.6 is 0 Å². The normalized spacial score (nSPS) is 41.6. The first-order valence-corrected chi connectivity index (χ1v) is 9.92. The Bertz CT molecular complexity index is 542. The van der Waals surface area contributed by atoms with Crippen LogP contribution in [-0.2, 0) is 9.47 Å². The van der Waals surface area contributed by atoms with Gasteiger partial charge in [-0.2, -0.15) is 0 Å². The Balaban J connectivity index is 2.15. The van der Waals surface area contributed by atoms with Gasteiger partial charge in [-0.05, 0) is 51.5 Å². The minimum Gasteiger partial charge on any atom is -0.340 e. The molecule has 0 aromatic rings. The second kappa shape index (κ2) is 5.99. The quantitative estimate of drug-likeness (QED) is 0.575. The first-order valence-electron chi connectivity index (χ1n) is 9.92. The van der Waals surface area contributed by atoms with Crippen LogP contribution in [0.5, 0.6) is 0 Å². The molecule has 3 atom stereocenters. The molecule has 136 valence electrons. The highest BCUT2D eigenvalue weighted by atomic mass is 16.8. The second-order valence-electron chi connectivity index (χ2n) is 9.45. The summed E-state index contributed by atoms with van der Waals surface area (Å²) in [6, 6.07) is 0. The fourth-order valence-electron chi connectivity index (χ4n) is 5.14. The first kappa shape index (κ1) is 18.2. The first-order chi connectivity index (χ1) is 11.2. The van der Waals surface area contributed by atoms with Crippen LogP contribution in [0.2, 0.25) is 0 Å². The zero-order chi connectivity index (χ0) is 17.6. The van der Waals surface area contributed by atoms with E-state index in [2.05, 4.69) is 59.8 Å². The average Bonchev–Trinajstić information content (AvgIpc) is 2.76. The predicted molar refractivity (Wildman–Crippen MR) is 99.9 cm³/mol. The highest BCUT2D eigenvalue weighted by Gasteiger charge is 2.62. The summed E-state index contributed by atoms with van der Waals surface area (Å²) in [4.78, 5) is 0. The third kappa shape index (κ3) is 2.80. The van der Waals surface area contributed by atoms with Crippen LogP contribution < -0.4 is 0 Å². The number of allylic oxidation sites excluding steroid dienone is 3. The molecule has 0 spiro atoms. The highest BCUT2D eigenvalue weighted by Crippen LogP contribution is 2.58. The van der Waals surface area contributed by atoms with E-state index in [-0.39, 0.29) is 22.5 Å². The highest BCUT2D eigenvalue weighted by molar-refractivity contribution is 5.34. The van der Waals surface area contributed by atoms with Crippen molar-refractivity contribution in [1.29, 1.82) is 0 Å². The van der Waals surface area contributed by atoms with Crippen LogP contribution in [0.3, 0.4) is 0 Å². The van der Waals surface area contributed by atoms with E-state index in [9.17, 15) is 0 Å². The molecule has 2 aliphatic carbocycles. The molecule has 0 saturated carbocycles. The van der Waals surface area contributed by atoms with Gasteiger partial charge in [0.25, 0.3) is 0 Å². The molecule has 0 aromatic carbocycles. The predicted octanol–water partition coefficient (Wildman–Crippen LogP) is 6.17. The van der Waals surface area contributed by atoms with Crippen molar-refractivity contribution in [2.75, 3.05) is 0 Å². The van der Waals surface area contributed by atoms with Crippen molar-refractivity contribution in [3.8, 4) is 0 Å². The molecule has 0 bridgehead atoms. The Morgan fingerprint density at radius 2 is 1.92 bits per heavy atom. The van der Waals surface area contributed by atoms with Crippen molar-refractivity contribution >= 4 is 0 Å². The SMILES string of the molecule is CCCC[C@@]12OC(C)(C)O[C@H]1C1=CCCC[C@@]1(C)/C=C\CC2(C)C. The third-order valence-corrected chi connectivity index (χ3v) is 6.62. The van der Waals surface area contributed by atoms with Crippen molar-refractivity contribution in [3.05, 3.63) is 23.8 Å². The summed E-state index contributed by atoms with van der Waals surface area (Å²) in [6.45, 7) is 13.6. The minimum atomic E-state index is -0.515. The summed E-state index contributed by atoms with van der Waals surface area (Å²) in [7, 11) is 0. The smallest absolute Gasteiger partial charge is 0.164 e. The fourth-order valence-corrected chi connectivity index (χ4v) is 5.14. The van der Waals surface area contributed by atoms with E-state index in [0.29, 0.717) is 0 Å². The van der Waals surface area contributed by atoms with E-state index >= 15 is 0 Å². The summed E-state index contributed by atoms with van der Waals surface area (Å²) in [6.07, 6.45) is 15.6. The molecule has 3 rings (SSSR count). The van der Waals surface area contributed by atoms with E-state index in [0.717, 1.165) is 12.8 Å². The van der Waals surface area contributed by atoms with Gasteiger partial charge in [0.1, 0.15) is 11.7 Å². The summed E-state index contributed by atoms with van der Waals surface area (Å²) in [5.74, 6) is -0.515. The average molecular weight is 333 g/mol. The van der Waals surface area contributed by atoms with Gasteiger partial charge in [-0.15, -0.1) is 0 Å². The number of fused-ring (bicyclic) bond motifs is 3. The summed E-state index contributed by atoms with van der Waals surface area (Å²) in [5, 5.41) is 0. The molecule has 1 fully saturated rings. The molecular weight excluding hydrogens is 296 g/mol. The van der Waals surface area contributed by atoms with Crippen LogP contribution in [-0.4, -0.2) is 17.5 Å². The third-order valence-electron chi connectivity index (χ3n) is 6.62. The molecule has 1 heterocycles. The molecule has 1 saturated heterocycles. The van der Waals surface area contributed by atoms with E-state index in [1.165, 1.54) is 37.7 Å². The molecule has 0 aromatic heterocycles. The monoisotopic (exact) mass is 332 g/mol. The molecular formula is C22H36O2. The zero-order valence-electron chi connectivity index (χ0n) is 16.6. The van der Waals surface area contributed by atoms with Crippen molar-refractivity contribution in [1.82, 2.24) is 0 Å². The van der Waals surface area contributed by atoms with Crippen LogP contribution in [0, 0.1) is 10.8 Å². The van der Waals surface area contributed by atoms with Crippen molar-refractivity contribution in [3.63, 3.8) is 0 Å². The molecule has 0 N–H and O–H groups in total. The van der Waals surface area contributed by atoms with Gasteiger partial charge in [-0.25, -0.2) is 0 Å². The van der Waals surface area contributed by atoms with Gasteiger partial charge >= 0.3 is 0 Å². The Kier molecular flexibility index (Phi) is 4.54. The maximum absolute atomic E-state index is 6.79. The van der Waals surface area contributed by atoms with E-state index < -0.39 is 5.79 Å². The molecule has 24 heavy (non-hydrogen) atoms. The number of hydrogen-bond donors (Lipinski definition) is 0. The van der Waals surface area contributed by atoms with Crippen molar-refractivity contribution in [2.45, 2.75) is 104 Å². The van der Waals surface area contributed by atoms with Crippen LogP contribution in [0.25, 0.3) is 0 Å². The van der Waals surface area contributed by atoms with Gasteiger partial charge in [0.2, 0.25) is 0 Å². The summed E-state index contributed by atoms with van der Waals surface area (Å²) in [5.41, 5.74) is 1.42. The van der Waals surface area contributed by atoms with E-state index in [1.54, 1.807) is 0 Å². The standard InChI is InChI=1S/C22H36O2/c1-7-8-16-22-18(23-20(4,5)24-22)17-12-9-10-14-21(17,6)15-11-13-19(22,2)3/h11-12,15,18H,7-10,13-14,16H2,1-6H3/b15-11-/t18-,21-,22+/m0/s1. The summed E-state index contributed by atoms with van der Waals surface area (Å²) >= 11 is 0. The summed E-state index contributed by atoms with van der Waals surface area (Å²) < 4.78 is 13.4. The molecule has 0 radical (unpaired) electrons. The lowest BCUT2D eigenvalue weighted by Gasteiger charge is -2.50. The van der Waals surface area contributed by atoms with Crippen LogP contribution in [0.15, 0.2) is 23.8 Å². The number of hydrogen-bond acceptors (Lipinski definition) is 2. The Morgan fingerprint density at radius 1 is 1.17 bits per heavy atom. The second-order valence-corrected chi connectivity index (χ2v) is 9.45. The topological polar surface area (TPSA) is 18.5 Å². The maximum atomic E-state index is 6.79. The number of ether oxygens (including phenoxy) is 2. The number of unbranched alkanes of at least 4 members (excludes halogenated alkanes) is 1. The van der Waals surface area contributed by atoms with E-state index in [1.807, 2.05) is 0 Å². The van der Waals surface area contributed by atoms with Gasteiger partial charge in [0, 0.05) is 10.8 Å². The lowest BCUT2D eigenvalue weighted by molar-refractivity contribution is -0.188. The Labute approximate surface area is 148 Å². The van der Waals surface area contributed by atoms with Gasteiger partial charge in [0.15, 0.2) is 5.79 Å². The van der Waals surface area contributed by atoms with Gasteiger partial charge in [-0.1, -0.05) is 58.8 Å². The van der Waals surface area contributed by atoms with Gasteiger partial charge in [0.05, 0.1) is 0 Å². The lowest BCUT2D eigenvalue weighted by Crippen LogP contribution is -2.55. The van der Waals surface area contributed by atoms with Crippen LogP contribution in [0.4, 0.5) is 0 Å². The fraction of sp³-hybridized carbons (Fsp3) is 0.818. The Hall–Kier alpha value is -0.600. The number of rotatable bonds is 3. The maximum Gasteiger partial charge on any atom is 0.164 e. The van der Waals surface area contributed by atoms with Gasteiger partial charge in [-0.3, -0.25) is 0 Å². The zero-order valence-corrected chi connectivity index (χ0v) is 16.6. The Morgan fingerprint density at radius 3 is 2.62 bits per heavy atom. The minimum absolute atomic E-state index is 0.0523. The van der Waals surface area contributed by atoms with E-state index in [4.69, 9.17) is 9.47 Å².